The summed E-state index contributed by atoms with van der Waals surface area (Å²) in [5.74, 6) is 0.410. The molecule has 0 saturated heterocycles. The van der Waals surface area contributed by atoms with Crippen LogP contribution in [0.15, 0.2) is 48.5 Å². The summed E-state index contributed by atoms with van der Waals surface area (Å²) in [5.41, 5.74) is 0.754. The van der Waals surface area contributed by atoms with Gasteiger partial charge in [0, 0.05) is 6.08 Å². The molecule has 0 atom stereocenters. The highest BCUT2D eigenvalue weighted by Crippen LogP contribution is 2.27. The lowest BCUT2D eigenvalue weighted by atomic mass is 10.2. The van der Waals surface area contributed by atoms with Crippen LogP contribution in [0.5, 0.6) is 11.5 Å². The predicted molar refractivity (Wildman–Crippen MR) is 88.7 cm³/mol. The Morgan fingerprint density at radius 1 is 1.09 bits per heavy atom. The van der Waals surface area contributed by atoms with Crippen molar-refractivity contribution in [2.75, 3.05) is 6.61 Å². The summed E-state index contributed by atoms with van der Waals surface area (Å²) in [6, 6.07) is 12.1. The lowest BCUT2D eigenvalue weighted by Crippen LogP contribution is -2.05. The minimum absolute atomic E-state index is 0.383. The first-order valence-electron chi connectivity index (χ1n) is 6.67. The topological polar surface area (TPSA) is 35.5 Å². The number of ether oxygens (including phenoxy) is 2. The first-order chi connectivity index (χ1) is 10.6. The second-order valence-corrected chi connectivity index (χ2v) is 5.12. The molecule has 3 nitrogen and oxygen atoms in total. The maximum Gasteiger partial charge on any atom is 0.336 e. The fraction of sp³-hybridized carbons (Fsp3) is 0.118. The second kappa shape index (κ2) is 7.87. The van der Waals surface area contributed by atoms with Crippen LogP contribution < -0.4 is 9.47 Å². The number of hydrogen-bond acceptors (Lipinski definition) is 3. The van der Waals surface area contributed by atoms with E-state index in [0.29, 0.717) is 28.2 Å². The number of hydrogen-bond donors (Lipinski definition) is 0. The van der Waals surface area contributed by atoms with Gasteiger partial charge in [-0.25, -0.2) is 4.79 Å². The van der Waals surface area contributed by atoms with Gasteiger partial charge in [-0.3, -0.25) is 0 Å². The standard InChI is InChI=1S/C17H14Cl2O3/c1-2-21-15-5-3-4-6-16(15)22-17(20)10-8-12-7-9-13(18)14(19)11-12/h3-11H,2H2,1H3/b10-8+. The van der Waals surface area contributed by atoms with E-state index in [1.54, 1.807) is 42.5 Å². The van der Waals surface area contributed by atoms with Gasteiger partial charge in [-0.2, -0.15) is 0 Å². The fourth-order valence-electron chi connectivity index (χ4n) is 1.73. The molecule has 2 aromatic carbocycles. The van der Waals surface area contributed by atoms with Crippen LogP contribution in [0.3, 0.4) is 0 Å². The van der Waals surface area contributed by atoms with Crippen molar-refractivity contribution in [3.63, 3.8) is 0 Å². The van der Waals surface area contributed by atoms with Gasteiger partial charge in [0.2, 0.25) is 0 Å². The van der Waals surface area contributed by atoms with E-state index in [9.17, 15) is 4.79 Å². The Kier molecular flexibility index (Phi) is 5.87. The van der Waals surface area contributed by atoms with E-state index in [4.69, 9.17) is 32.7 Å². The minimum Gasteiger partial charge on any atom is -0.490 e. The van der Waals surface area contributed by atoms with Crippen molar-refractivity contribution in [3.8, 4) is 11.5 Å². The monoisotopic (exact) mass is 336 g/mol. The highest BCUT2D eigenvalue weighted by molar-refractivity contribution is 6.42. The normalized spacial score (nSPS) is 10.7. The van der Waals surface area contributed by atoms with Crippen molar-refractivity contribution < 1.29 is 14.3 Å². The maximum atomic E-state index is 11.9. The molecule has 0 N–H and O–H groups in total. The molecule has 0 unspecified atom stereocenters. The van der Waals surface area contributed by atoms with Gasteiger partial charge < -0.3 is 9.47 Å². The van der Waals surface area contributed by atoms with Crippen molar-refractivity contribution in [2.45, 2.75) is 6.92 Å². The highest BCUT2D eigenvalue weighted by atomic mass is 35.5. The molecular formula is C17H14Cl2O3. The number of esters is 1. The van der Waals surface area contributed by atoms with Crippen molar-refractivity contribution in [3.05, 3.63) is 64.1 Å². The van der Waals surface area contributed by atoms with Crippen LogP contribution in [0, 0.1) is 0 Å². The van der Waals surface area contributed by atoms with E-state index < -0.39 is 5.97 Å². The molecule has 0 aromatic heterocycles. The molecule has 0 spiro atoms. The molecule has 0 bridgehead atoms. The van der Waals surface area contributed by atoms with Crippen molar-refractivity contribution >= 4 is 35.2 Å². The van der Waals surface area contributed by atoms with Gasteiger partial charge in [-0.1, -0.05) is 41.4 Å². The summed E-state index contributed by atoms with van der Waals surface area (Å²) in [6.45, 7) is 2.36. The summed E-state index contributed by atoms with van der Waals surface area (Å²) in [4.78, 5) is 11.9. The minimum atomic E-state index is -0.502. The zero-order valence-corrected chi connectivity index (χ0v) is 13.4. The first-order valence-corrected chi connectivity index (χ1v) is 7.42. The number of halogens is 2. The third-order valence-electron chi connectivity index (χ3n) is 2.72. The Balaban J connectivity index is 2.06. The molecule has 0 radical (unpaired) electrons. The second-order valence-electron chi connectivity index (χ2n) is 4.31. The molecule has 0 heterocycles. The maximum absolute atomic E-state index is 11.9. The molecule has 0 amide bonds. The van der Waals surface area contributed by atoms with Crippen LogP contribution in [0.25, 0.3) is 6.08 Å². The van der Waals surface area contributed by atoms with Crippen molar-refractivity contribution in [2.24, 2.45) is 0 Å². The molecule has 0 aliphatic rings. The van der Waals surface area contributed by atoms with E-state index >= 15 is 0 Å². The molecule has 0 fully saturated rings. The molecular weight excluding hydrogens is 323 g/mol. The highest BCUT2D eigenvalue weighted by Gasteiger charge is 2.07. The quantitative estimate of drug-likeness (QED) is 0.437. The summed E-state index contributed by atoms with van der Waals surface area (Å²) >= 11 is 11.8. The Labute approximate surface area is 139 Å². The van der Waals surface area contributed by atoms with Gasteiger partial charge in [-0.05, 0) is 42.8 Å². The number of carbonyl (C=O) groups is 1. The average molecular weight is 337 g/mol. The first kappa shape index (κ1) is 16.4. The Morgan fingerprint density at radius 2 is 1.82 bits per heavy atom. The Bertz CT molecular complexity index is 696. The number of benzene rings is 2. The summed E-state index contributed by atoms with van der Waals surface area (Å²) in [5, 5.41) is 0.894. The number of rotatable bonds is 5. The lowest BCUT2D eigenvalue weighted by Gasteiger charge is -2.08. The smallest absolute Gasteiger partial charge is 0.336 e. The van der Waals surface area contributed by atoms with E-state index in [1.807, 2.05) is 13.0 Å². The van der Waals surface area contributed by atoms with Gasteiger partial charge in [0.25, 0.3) is 0 Å². The zero-order chi connectivity index (χ0) is 15.9. The van der Waals surface area contributed by atoms with Gasteiger partial charge in [0.15, 0.2) is 11.5 Å². The molecule has 0 saturated carbocycles. The van der Waals surface area contributed by atoms with Gasteiger partial charge in [0.05, 0.1) is 16.7 Å². The molecule has 5 heteroatoms. The molecule has 2 rings (SSSR count). The summed E-state index contributed by atoms with van der Waals surface area (Å²) in [6.07, 6.45) is 2.93. The van der Waals surface area contributed by atoms with Crippen LogP contribution in [0.2, 0.25) is 10.0 Å². The van der Waals surface area contributed by atoms with Crippen LogP contribution >= 0.6 is 23.2 Å². The lowest BCUT2D eigenvalue weighted by molar-refractivity contribution is -0.129. The summed E-state index contributed by atoms with van der Waals surface area (Å²) < 4.78 is 10.7. The zero-order valence-electron chi connectivity index (χ0n) is 11.9. The Hall–Kier alpha value is -1.97. The van der Waals surface area contributed by atoms with Crippen LogP contribution in [0.1, 0.15) is 12.5 Å². The SMILES string of the molecule is CCOc1ccccc1OC(=O)/C=C/c1ccc(Cl)c(Cl)c1. The van der Waals surface area contributed by atoms with E-state index in [2.05, 4.69) is 0 Å². The largest absolute Gasteiger partial charge is 0.490 e. The van der Waals surface area contributed by atoms with E-state index in [1.165, 1.54) is 6.08 Å². The van der Waals surface area contributed by atoms with Crippen LogP contribution in [-0.4, -0.2) is 12.6 Å². The van der Waals surface area contributed by atoms with E-state index in [-0.39, 0.29) is 0 Å². The third kappa shape index (κ3) is 4.52. The fourth-order valence-corrected chi connectivity index (χ4v) is 2.04. The van der Waals surface area contributed by atoms with Gasteiger partial charge in [-0.15, -0.1) is 0 Å². The van der Waals surface area contributed by atoms with Crippen molar-refractivity contribution in [1.82, 2.24) is 0 Å². The van der Waals surface area contributed by atoms with Gasteiger partial charge in [0.1, 0.15) is 0 Å². The summed E-state index contributed by atoms with van der Waals surface area (Å²) in [7, 11) is 0. The van der Waals surface area contributed by atoms with E-state index in [0.717, 1.165) is 5.56 Å². The number of para-hydroxylation sites is 2. The average Bonchev–Trinajstić information content (AvgIpc) is 2.51. The molecule has 0 aliphatic carbocycles. The number of carbonyl (C=O) groups excluding carboxylic acids is 1. The molecule has 2 aromatic rings. The third-order valence-corrected chi connectivity index (χ3v) is 3.45. The molecule has 0 aliphatic heterocycles. The van der Waals surface area contributed by atoms with Crippen molar-refractivity contribution in [1.29, 1.82) is 0 Å². The Morgan fingerprint density at radius 3 is 2.50 bits per heavy atom. The predicted octanol–water partition coefficient (Wildman–Crippen LogP) is 5.01. The van der Waals surface area contributed by atoms with Crippen LogP contribution in [-0.2, 0) is 4.79 Å². The van der Waals surface area contributed by atoms with Crippen LogP contribution in [0.4, 0.5) is 0 Å². The van der Waals surface area contributed by atoms with Gasteiger partial charge >= 0.3 is 5.97 Å². The molecule has 22 heavy (non-hydrogen) atoms. The molecule has 114 valence electrons.